The summed E-state index contributed by atoms with van der Waals surface area (Å²) in [6.45, 7) is 6.14. The summed E-state index contributed by atoms with van der Waals surface area (Å²) >= 11 is 1.59. The maximum Gasteiger partial charge on any atom is 0.230 e. The first-order valence-corrected chi connectivity index (χ1v) is 12.6. The minimum Gasteiger partial charge on any atom is -0.369 e. The van der Waals surface area contributed by atoms with Gasteiger partial charge in [0.1, 0.15) is 0 Å². The summed E-state index contributed by atoms with van der Waals surface area (Å²) in [5.41, 5.74) is 3.90. The molecule has 5 rings (SSSR count). The second kappa shape index (κ2) is 9.60. The second-order valence-corrected chi connectivity index (χ2v) is 10.2. The van der Waals surface area contributed by atoms with Gasteiger partial charge in [-0.15, -0.1) is 11.3 Å². The van der Waals surface area contributed by atoms with E-state index in [1.807, 2.05) is 60.8 Å². The third-order valence-corrected chi connectivity index (χ3v) is 7.75. The van der Waals surface area contributed by atoms with E-state index < -0.39 is 5.92 Å². The van der Waals surface area contributed by atoms with E-state index in [0.717, 1.165) is 48.0 Å². The number of hydrogen-bond acceptors (Lipinski definition) is 5. The Bertz CT molecular complexity index is 1140. The molecule has 1 aromatic heterocycles. The molecule has 7 heteroatoms. The Hall–Kier alpha value is -3.16. The lowest BCUT2D eigenvalue weighted by Gasteiger charge is -2.34. The van der Waals surface area contributed by atoms with E-state index in [2.05, 4.69) is 34.3 Å². The summed E-state index contributed by atoms with van der Waals surface area (Å²) in [5.74, 6) is -0.591. The van der Waals surface area contributed by atoms with Gasteiger partial charge in [0.15, 0.2) is 0 Å². The Morgan fingerprint density at radius 2 is 1.62 bits per heavy atom. The molecule has 2 aliphatic heterocycles. The molecule has 2 aliphatic rings. The summed E-state index contributed by atoms with van der Waals surface area (Å²) in [7, 11) is 2.15. The Morgan fingerprint density at radius 3 is 2.26 bits per heavy atom. The molecule has 34 heavy (non-hydrogen) atoms. The van der Waals surface area contributed by atoms with Crippen LogP contribution in [-0.2, 0) is 9.59 Å². The van der Waals surface area contributed by atoms with Gasteiger partial charge in [-0.25, -0.2) is 0 Å². The lowest BCUT2D eigenvalue weighted by Crippen LogP contribution is -2.44. The topological polar surface area (TPSA) is 55.9 Å². The molecule has 2 atom stereocenters. The fraction of sp³-hybridized carbons (Fsp3) is 0.333. The van der Waals surface area contributed by atoms with Gasteiger partial charge in [-0.3, -0.25) is 9.59 Å². The smallest absolute Gasteiger partial charge is 0.230 e. The quantitative estimate of drug-likeness (QED) is 0.590. The standard InChI is InChI=1S/C27H30N4O2S/c1-19-5-9-22(10-6-19)31-25(32)18-23(26(31)24-4-3-17-34-24)27(33)28-20-7-11-21(12-8-20)30-15-13-29(2)14-16-30/h3-12,17,23,26H,13-16,18H2,1-2H3,(H,28,33). The predicted octanol–water partition coefficient (Wildman–Crippen LogP) is 4.54. The highest BCUT2D eigenvalue weighted by molar-refractivity contribution is 7.10. The first-order chi connectivity index (χ1) is 16.5. The van der Waals surface area contributed by atoms with Crippen LogP contribution < -0.4 is 15.1 Å². The van der Waals surface area contributed by atoms with Gasteiger partial charge in [0.25, 0.3) is 0 Å². The lowest BCUT2D eigenvalue weighted by molar-refractivity contribution is -0.122. The van der Waals surface area contributed by atoms with Crippen LogP contribution >= 0.6 is 11.3 Å². The number of nitrogens with zero attached hydrogens (tertiary/aromatic N) is 3. The van der Waals surface area contributed by atoms with Crippen molar-refractivity contribution in [2.24, 2.45) is 5.92 Å². The lowest BCUT2D eigenvalue weighted by atomic mass is 9.97. The zero-order chi connectivity index (χ0) is 23.7. The van der Waals surface area contributed by atoms with Crippen molar-refractivity contribution >= 4 is 40.2 Å². The summed E-state index contributed by atoms with van der Waals surface area (Å²) in [4.78, 5) is 34.1. The maximum atomic E-state index is 13.4. The first-order valence-electron chi connectivity index (χ1n) is 11.8. The maximum absolute atomic E-state index is 13.4. The number of aryl methyl sites for hydroxylation is 1. The minimum absolute atomic E-state index is 0.0205. The van der Waals surface area contributed by atoms with Crippen molar-refractivity contribution in [3.63, 3.8) is 0 Å². The molecule has 0 spiro atoms. The number of likely N-dealkylation sites (N-methyl/N-ethyl adjacent to an activating group) is 1. The number of nitrogens with one attached hydrogen (secondary N) is 1. The normalized spacial score (nSPS) is 21.2. The fourth-order valence-corrected chi connectivity index (χ4v) is 5.70. The molecule has 2 unspecified atom stereocenters. The molecule has 0 bridgehead atoms. The monoisotopic (exact) mass is 474 g/mol. The van der Waals surface area contributed by atoms with E-state index in [9.17, 15) is 9.59 Å². The number of amides is 2. The number of thiophene rings is 1. The van der Waals surface area contributed by atoms with Gasteiger partial charge in [-0.05, 0) is 61.8 Å². The largest absolute Gasteiger partial charge is 0.369 e. The zero-order valence-electron chi connectivity index (χ0n) is 19.6. The van der Waals surface area contributed by atoms with Gasteiger partial charge in [0, 0.05) is 54.5 Å². The van der Waals surface area contributed by atoms with Crippen LogP contribution in [0.5, 0.6) is 0 Å². The number of carbonyl (C=O) groups is 2. The van der Waals surface area contributed by atoms with Gasteiger partial charge in [-0.2, -0.15) is 0 Å². The van der Waals surface area contributed by atoms with Gasteiger partial charge >= 0.3 is 0 Å². The van der Waals surface area contributed by atoms with E-state index in [1.165, 1.54) is 5.69 Å². The highest BCUT2D eigenvalue weighted by Gasteiger charge is 2.45. The van der Waals surface area contributed by atoms with Gasteiger partial charge in [-0.1, -0.05) is 23.8 Å². The molecule has 3 heterocycles. The summed E-state index contributed by atoms with van der Waals surface area (Å²) in [5, 5.41) is 5.07. The van der Waals surface area contributed by atoms with Crippen LogP contribution in [0.25, 0.3) is 0 Å². The first kappa shape index (κ1) is 22.6. The molecule has 0 radical (unpaired) electrons. The van der Waals surface area contributed by atoms with Crippen molar-refractivity contribution in [2.45, 2.75) is 19.4 Å². The third kappa shape index (κ3) is 4.58. The van der Waals surface area contributed by atoms with E-state index in [-0.39, 0.29) is 24.3 Å². The molecule has 2 amide bonds. The predicted molar refractivity (Wildman–Crippen MR) is 139 cm³/mol. The molecule has 0 saturated carbocycles. The Balaban J connectivity index is 1.34. The third-order valence-electron chi connectivity index (χ3n) is 6.81. The Labute approximate surface area is 204 Å². The van der Waals surface area contributed by atoms with Crippen LogP contribution in [0.4, 0.5) is 17.1 Å². The molecule has 2 saturated heterocycles. The van der Waals surface area contributed by atoms with Crippen LogP contribution in [0.1, 0.15) is 22.9 Å². The number of benzene rings is 2. The van der Waals surface area contributed by atoms with Crippen molar-refractivity contribution < 1.29 is 9.59 Å². The van der Waals surface area contributed by atoms with Crippen LogP contribution in [0, 0.1) is 12.8 Å². The number of carbonyl (C=O) groups excluding carboxylic acids is 2. The van der Waals surface area contributed by atoms with E-state index in [1.54, 1.807) is 16.2 Å². The average molecular weight is 475 g/mol. The number of anilines is 3. The molecular formula is C27H30N4O2S. The highest BCUT2D eigenvalue weighted by atomic mass is 32.1. The van der Waals surface area contributed by atoms with Gasteiger partial charge in [0.2, 0.25) is 11.8 Å². The molecule has 6 nitrogen and oxygen atoms in total. The number of hydrogen-bond donors (Lipinski definition) is 1. The van der Waals surface area contributed by atoms with Gasteiger partial charge in [0.05, 0.1) is 12.0 Å². The molecule has 0 aliphatic carbocycles. The number of rotatable bonds is 5. The Morgan fingerprint density at radius 1 is 0.941 bits per heavy atom. The van der Waals surface area contributed by atoms with E-state index in [4.69, 9.17) is 0 Å². The molecule has 2 fully saturated rings. The van der Waals surface area contributed by atoms with E-state index in [0.29, 0.717) is 0 Å². The van der Waals surface area contributed by atoms with Crippen molar-refractivity contribution in [2.75, 3.05) is 48.3 Å². The summed E-state index contributed by atoms with van der Waals surface area (Å²) in [6.07, 6.45) is 0.196. The zero-order valence-corrected chi connectivity index (χ0v) is 20.4. The molecule has 1 N–H and O–H groups in total. The molecular weight excluding hydrogens is 444 g/mol. The van der Waals surface area contributed by atoms with Crippen LogP contribution in [0.3, 0.4) is 0 Å². The van der Waals surface area contributed by atoms with Crippen molar-refractivity contribution in [3.8, 4) is 0 Å². The Kier molecular flexibility index (Phi) is 6.39. The highest BCUT2D eigenvalue weighted by Crippen LogP contribution is 2.43. The van der Waals surface area contributed by atoms with Crippen molar-refractivity contribution in [1.29, 1.82) is 0 Å². The van der Waals surface area contributed by atoms with Crippen LogP contribution in [0.15, 0.2) is 66.0 Å². The minimum atomic E-state index is -0.454. The van der Waals surface area contributed by atoms with Crippen LogP contribution in [0.2, 0.25) is 0 Å². The fourth-order valence-electron chi connectivity index (χ4n) is 4.82. The summed E-state index contributed by atoms with van der Waals surface area (Å²) < 4.78 is 0. The molecule has 3 aromatic rings. The number of piperazine rings is 1. The van der Waals surface area contributed by atoms with Crippen LogP contribution in [-0.4, -0.2) is 49.9 Å². The average Bonchev–Trinajstić information content (AvgIpc) is 3.49. The van der Waals surface area contributed by atoms with Gasteiger partial charge < -0.3 is 20.0 Å². The van der Waals surface area contributed by atoms with E-state index >= 15 is 0 Å². The second-order valence-electron chi connectivity index (χ2n) is 9.20. The molecule has 2 aromatic carbocycles. The SMILES string of the molecule is Cc1ccc(N2C(=O)CC(C(=O)Nc3ccc(N4CCN(C)CC4)cc3)C2c2cccs2)cc1. The molecule has 176 valence electrons. The van der Waals surface area contributed by atoms with Crippen molar-refractivity contribution in [1.82, 2.24) is 4.90 Å². The summed E-state index contributed by atoms with van der Waals surface area (Å²) in [6, 6.07) is 19.7. The van der Waals surface area contributed by atoms with Crippen molar-refractivity contribution in [3.05, 3.63) is 76.5 Å².